The lowest BCUT2D eigenvalue weighted by molar-refractivity contribution is -0.139. The Balaban J connectivity index is 1.96. The van der Waals surface area contributed by atoms with E-state index in [1.165, 1.54) is 12.8 Å². The minimum Gasteiger partial charge on any atom is -0.445 e. The molecule has 0 aromatic heterocycles. The van der Waals surface area contributed by atoms with E-state index in [4.69, 9.17) is 4.74 Å². The Kier molecular flexibility index (Phi) is 4.99. The van der Waals surface area contributed by atoms with E-state index < -0.39 is 11.6 Å². The van der Waals surface area contributed by atoms with Gasteiger partial charge >= 0.3 is 5.97 Å². The highest BCUT2D eigenvalue weighted by Gasteiger charge is 2.42. The fourth-order valence-electron chi connectivity index (χ4n) is 2.60. The molecule has 0 saturated carbocycles. The van der Waals surface area contributed by atoms with Crippen molar-refractivity contribution in [2.45, 2.75) is 51.6 Å². The van der Waals surface area contributed by atoms with Crippen molar-refractivity contribution in [2.24, 2.45) is 0 Å². The number of rotatable bonds is 6. The summed E-state index contributed by atoms with van der Waals surface area (Å²) in [6.07, 6.45) is 4.83. The fraction of sp³-hybridized carbons (Fsp3) is 0.529. The molecule has 1 amide bonds. The number of esters is 1. The lowest BCUT2D eigenvalue weighted by Crippen LogP contribution is -2.51. The maximum absolute atomic E-state index is 12.3. The molecule has 1 aliphatic heterocycles. The summed E-state index contributed by atoms with van der Waals surface area (Å²) in [4.78, 5) is 24.3. The topological polar surface area (TPSA) is 55.4 Å². The minimum absolute atomic E-state index is 0.207. The molecule has 1 N–H and O–H groups in total. The summed E-state index contributed by atoms with van der Waals surface area (Å²) in [5.41, 5.74) is 0.332. The average Bonchev–Trinajstić information content (AvgIpc) is 2.46. The molecule has 2 rings (SSSR count). The number of fused-ring (bicyclic) bond motifs is 1. The number of unbranched alkanes of at least 4 members (excludes halogenated alkanes) is 3. The molecule has 1 aromatic rings. The van der Waals surface area contributed by atoms with Gasteiger partial charge in [0.25, 0.3) is 5.91 Å². The molecule has 4 nitrogen and oxygen atoms in total. The van der Waals surface area contributed by atoms with Gasteiger partial charge in [-0.05, 0) is 25.0 Å². The molecule has 0 aliphatic carbocycles. The van der Waals surface area contributed by atoms with Crippen LogP contribution < -0.4 is 5.32 Å². The van der Waals surface area contributed by atoms with Crippen molar-refractivity contribution in [2.75, 3.05) is 6.54 Å². The molecule has 1 heterocycles. The van der Waals surface area contributed by atoms with Crippen molar-refractivity contribution in [3.63, 3.8) is 0 Å². The predicted molar refractivity (Wildman–Crippen MR) is 81.1 cm³/mol. The number of carbonyl (C=O) groups is 2. The second-order valence-corrected chi connectivity index (χ2v) is 5.77. The van der Waals surface area contributed by atoms with Crippen molar-refractivity contribution in [3.8, 4) is 0 Å². The van der Waals surface area contributed by atoms with Crippen molar-refractivity contribution in [3.05, 3.63) is 35.4 Å². The third-order valence-electron chi connectivity index (χ3n) is 3.88. The number of carbonyl (C=O) groups excluding carboxylic acids is 2. The van der Waals surface area contributed by atoms with E-state index in [1.807, 2.05) is 12.1 Å². The molecule has 1 aliphatic rings. The molecule has 0 saturated heterocycles. The summed E-state index contributed by atoms with van der Waals surface area (Å²) in [5, 5.41) is 2.89. The van der Waals surface area contributed by atoms with Gasteiger partial charge in [-0.25, -0.2) is 4.79 Å². The number of nitrogens with one attached hydrogen (secondary N) is 1. The van der Waals surface area contributed by atoms with E-state index in [0.29, 0.717) is 18.5 Å². The van der Waals surface area contributed by atoms with E-state index in [-0.39, 0.29) is 5.91 Å². The van der Waals surface area contributed by atoms with Crippen molar-refractivity contribution < 1.29 is 14.3 Å². The summed E-state index contributed by atoms with van der Waals surface area (Å²) in [7, 11) is 0. The van der Waals surface area contributed by atoms with Gasteiger partial charge in [0.05, 0.1) is 5.56 Å². The first-order chi connectivity index (χ1) is 10.1. The number of hydrogen-bond acceptors (Lipinski definition) is 3. The number of benzene rings is 1. The highest BCUT2D eigenvalue weighted by atomic mass is 16.6. The summed E-state index contributed by atoms with van der Waals surface area (Å²) >= 11 is 0. The van der Waals surface area contributed by atoms with E-state index in [9.17, 15) is 9.59 Å². The normalized spacial score (nSPS) is 20.6. The third-order valence-corrected chi connectivity index (χ3v) is 3.88. The fourth-order valence-corrected chi connectivity index (χ4v) is 2.60. The van der Waals surface area contributed by atoms with E-state index >= 15 is 0 Å². The zero-order valence-corrected chi connectivity index (χ0v) is 12.8. The van der Waals surface area contributed by atoms with Crippen molar-refractivity contribution >= 4 is 11.9 Å². The minimum atomic E-state index is -1.10. The Labute approximate surface area is 125 Å². The zero-order valence-electron chi connectivity index (χ0n) is 12.8. The maximum Gasteiger partial charge on any atom is 0.339 e. The number of hydrogen-bond donors (Lipinski definition) is 1. The smallest absolute Gasteiger partial charge is 0.339 e. The first-order valence-corrected chi connectivity index (χ1v) is 7.66. The van der Waals surface area contributed by atoms with Gasteiger partial charge in [0.2, 0.25) is 0 Å². The average molecular weight is 289 g/mol. The Hall–Kier alpha value is -1.84. The molecule has 114 valence electrons. The van der Waals surface area contributed by atoms with Gasteiger partial charge in [-0.15, -0.1) is 0 Å². The number of cyclic esters (lactones) is 1. The van der Waals surface area contributed by atoms with Crippen LogP contribution in [-0.4, -0.2) is 24.0 Å². The largest absolute Gasteiger partial charge is 0.445 e. The summed E-state index contributed by atoms with van der Waals surface area (Å²) in [5.74, 6) is -0.623. The highest BCUT2D eigenvalue weighted by Crippen LogP contribution is 2.28. The van der Waals surface area contributed by atoms with Crippen LogP contribution in [-0.2, 0) is 16.0 Å². The summed E-state index contributed by atoms with van der Waals surface area (Å²) in [6.45, 7) is 4.47. The van der Waals surface area contributed by atoms with Gasteiger partial charge in [-0.1, -0.05) is 44.4 Å². The molecule has 21 heavy (non-hydrogen) atoms. The van der Waals surface area contributed by atoms with Gasteiger partial charge in [0.1, 0.15) is 0 Å². The zero-order chi connectivity index (χ0) is 15.3. The van der Waals surface area contributed by atoms with Crippen LogP contribution in [0.5, 0.6) is 0 Å². The van der Waals surface area contributed by atoms with Crippen LogP contribution in [0.15, 0.2) is 24.3 Å². The Morgan fingerprint density at radius 3 is 2.81 bits per heavy atom. The molecule has 0 spiro atoms. The van der Waals surface area contributed by atoms with Crippen LogP contribution in [0.3, 0.4) is 0 Å². The quantitative estimate of drug-likeness (QED) is 0.647. The van der Waals surface area contributed by atoms with Crippen LogP contribution in [0.1, 0.15) is 55.5 Å². The van der Waals surface area contributed by atoms with Gasteiger partial charge in [-0.3, -0.25) is 4.79 Å². The SMILES string of the molecule is CCCCCCNC(=O)C1(C)Cc2ccccc2C(=O)O1. The lowest BCUT2D eigenvalue weighted by Gasteiger charge is -2.33. The van der Waals surface area contributed by atoms with Crippen LogP contribution in [0, 0.1) is 0 Å². The molecule has 0 fully saturated rings. The predicted octanol–water partition coefficient (Wildman–Crippen LogP) is 2.85. The highest BCUT2D eigenvalue weighted by molar-refractivity contribution is 5.97. The second-order valence-electron chi connectivity index (χ2n) is 5.77. The number of amides is 1. The first-order valence-electron chi connectivity index (χ1n) is 7.66. The van der Waals surface area contributed by atoms with Crippen LogP contribution >= 0.6 is 0 Å². The maximum atomic E-state index is 12.3. The molecular formula is C17H23NO3. The molecule has 0 bridgehead atoms. The van der Waals surface area contributed by atoms with Crippen LogP contribution in [0.2, 0.25) is 0 Å². The number of ether oxygens (including phenoxy) is 1. The van der Waals surface area contributed by atoms with Gasteiger partial charge < -0.3 is 10.1 Å². The Morgan fingerprint density at radius 1 is 1.29 bits per heavy atom. The molecule has 1 atom stereocenters. The second kappa shape index (κ2) is 6.74. The molecule has 0 radical (unpaired) electrons. The first kappa shape index (κ1) is 15.5. The van der Waals surface area contributed by atoms with Crippen molar-refractivity contribution in [1.29, 1.82) is 0 Å². The Morgan fingerprint density at radius 2 is 2.05 bits per heavy atom. The molecule has 1 aromatic carbocycles. The Bertz CT molecular complexity index is 527. The third kappa shape index (κ3) is 3.63. The summed E-state index contributed by atoms with van der Waals surface area (Å²) < 4.78 is 5.39. The molecule has 4 heteroatoms. The lowest BCUT2D eigenvalue weighted by atomic mass is 9.89. The summed E-state index contributed by atoms with van der Waals surface area (Å²) in [6, 6.07) is 7.29. The van der Waals surface area contributed by atoms with Crippen LogP contribution in [0.4, 0.5) is 0 Å². The van der Waals surface area contributed by atoms with E-state index in [1.54, 1.807) is 19.1 Å². The monoisotopic (exact) mass is 289 g/mol. The van der Waals surface area contributed by atoms with Crippen LogP contribution in [0.25, 0.3) is 0 Å². The van der Waals surface area contributed by atoms with Crippen molar-refractivity contribution in [1.82, 2.24) is 5.32 Å². The molecule has 1 unspecified atom stereocenters. The van der Waals surface area contributed by atoms with Gasteiger partial charge in [0.15, 0.2) is 5.60 Å². The standard InChI is InChI=1S/C17H23NO3/c1-3-4-5-8-11-18-16(20)17(2)12-13-9-6-7-10-14(13)15(19)21-17/h6-7,9-10H,3-5,8,11-12H2,1-2H3,(H,18,20). The van der Waals surface area contributed by atoms with E-state index in [2.05, 4.69) is 12.2 Å². The van der Waals surface area contributed by atoms with E-state index in [0.717, 1.165) is 18.4 Å². The molecular weight excluding hydrogens is 266 g/mol. The van der Waals surface area contributed by atoms with Gasteiger partial charge in [-0.2, -0.15) is 0 Å². The van der Waals surface area contributed by atoms with Gasteiger partial charge in [0, 0.05) is 13.0 Å².